The molecule has 134 valence electrons. The van der Waals surface area contributed by atoms with Crippen LogP contribution in [0.5, 0.6) is 0 Å². The number of nitrogens with one attached hydrogen (secondary N) is 1. The summed E-state index contributed by atoms with van der Waals surface area (Å²) in [4.78, 5) is 21.2. The van der Waals surface area contributed by atoms with Gasteiger partial charge in [-0.25, -0.2) is 4.39 Å². The largest absolute Gasteiger partial charge is 0.369 e. The zero-order valence-corrected chi connectivity index (χ0v) is 14.7. The molecule has 0 aromatic heterocycles. The number of amides is 1. The Balaban J connectivity index is 1.49. The van der Waals surface area contributed by atoms with Crippen LogP contribution < -0.4 is 10.2 Å². The zero-order chi connectivity index (χ0) is 18.1. The maximum Gasteiger partial charge on any atom is 0.237 e. The number of hydrogen-bond donors (Lipinski definition) is 1. The Morgan fingerprint density at radius 3 is 2.58 bits per heavy atom. The van der Waals surface area contributed by atoms with Crippen LogP contribution in [0.25, 0.3) is 0 Å². The average Bonchev–Trinajstić information content (AvgIpc) is 2.98. The molecule has 0 radical (unpaired) electrons. The fourth-order valence-electron chi connectivity index (χ4n) is 3.42. The number of likely N-dealkylation sites (N-methyl/N-ethyl adjacent to an activating group) is 1. The smallest absolute Gasteiger partial charge is 0.237 e. The van der Waals surface area contributed by atoms with Crippen LogP contribution in [0.3, 0.4) is 0 Å². The SMILES string of the molecule is CN1CCN(c2ccc(N=CC3C(=O)Nc4cccc(F)c43)cc2)CC1. The van der Waals surface area contributed by atoms with Gasteiger partial charge < -0.3 is 15.1 Å². The van der Waals surface area contributed by atoms with Crippen LogP contribution in [0.4, 0.5) is 21.5 Å². The van der Waals surface area contributed by atoms with E-state index in [1.165, 1.54) is 18.0 Å². The van der Waals surface area contributed by atoms with Crippen molar-refractivity contribution in [2.24, 2.45) is 4.99 Å². The van der Waals surface area contributed by atoms with Crippen molar-refractivity contribution in [3.63, 3.8) is 0 Å². The number of rotatable bonds is 3. The number of aliphatic imine (C=N–C) groups is 1. The minimum atomic E-state index is -0.691. The summed E-state index contributed by atoms with van der Waals surface area (Å²) in [5.41, 5.74) is 2.82. The van der Waals surface area contributed by atoms with E-state index in [-0.39, 0.29) is 11.7 Å². The van der Waals surface area contributed by atoms with Crippen molar-refractivity contribution in [3.05, 3.63) is 53.8 Å². The Labute approximate surface area is 152 Å². The van der Waals surface area contributed by atoms with Crippen molar-refractivity contribution in [3.8, 4) is 0 Å². The zero-order valence-electron chi connectivity index (χ0n) is 14.7. The highest BCUT2D eigenvalue weighted by molar-refractivity contribution is 6.12. The highest BCUT2D eigenvalue weighted by Crippen LogP contribution is 2.33. The highest BCUT2D eigenvalue weighted by Gasteiger charge is 2.31. The molecule has 5 nitrogen and oxygen atoms in total. The first-order valence-electron chi connectivity index (χ1n) is 8.79. The molecular weight excluding hydrogens is 331 g/mol. The van der Waals surface area contributed by atoms with E-state index in [1.807, 2.05) is 24.3 Å². The van der Waals surface area contributed by atoms with E-state index in [9.17, 15) is 9.18 Å². The molecule has 2 aliphatic rings. The van der Waals surface area contributed by atoms with Crippen LogP contribution in [0.1, 0.15) is 11.5 Å². The molecular formula is C20H21FN4O. The van der Waals surface area contributed by atoms with Gasteiger partial charge in [0.05, 0.1) is 5.69 Å². The number of halogens is 1. The van der Waals surface area contributed by atoms with Gasteiger partial charge in [0.2, 0.25) is 5.91 Å². The summed E-state index contributed by atoms with van der Waals surface area (Å²) in [7, 11) is 2.13. The molecule has 0 spiro atoms. The first-order chi connectivity index (χ1) is 12.6. The quantitative estimate of drug-likeness (QED) is 0.864. The lowest BCUT2D eigenvalue weighted by Gasteiger charge is -2.34. The summed E-state index contributed by atoms with van der Waals surface area (Å²) in [6.07, 6.45) is 1.52. The number of nitrogens with zero attached hydrogens (tertiary/aromatic N) is 3. The van der Waals surface area contributed by atoms with Crippen molar-refractivity contribution in [2.45, 2.75) is 5.92 Å². The second-order valence-electron chi connectivity index (χ2n) is 6.75. The summed E-state index contributed by atoms with van der Waals surface area (Å²) in [5, 5.41) is 2.70. The molecule has 26 heavy (non-hydrogen) atoms. The van der Waals surface area contributed by atoms with E-state index in [0.29, 0.717) is 11.3 Å². The molecule has 2 heterocycles. The lowest BCUT2D eigenvalue weighted by atomic mass is 10.0. The van der Waals surface area contributed by atoms with Crippen molar-refractivity contribution >= 4 is 29.2 Å². The summed E-state index contributed by atoms with van der Waals surface area (Å²) < 4.78 is 14.1. The molecule has 1 amide bonds. The number of anilines is 2. The second kappa shape index (κ2) is 6.88. The molecule has 1 fully saturated rings. The van der Waals surface area contributed by atoms with Crippen molar-refractivity contribution in [1.29, 1.82) is 0 Å². The minimum absolute atomic E-state index is 0.247. The molecule has 0 aliphatic carbocycles. The fraction of sp³-hybridized carbons (Fsp3) is 0.300. The third-order valence-corrected chi connectivity index (χ3v) is 5.00. The monoisotopic (exact) mass is 352 g/mol. The first kappa shape index (κ1) is 16.7. The Morgan fingerprint density at radius 1 is 1.12 bits per heavy atom. The lowest BCUT2D eigenvalue weighted by Crippen LogP contribution is -2.44. The Bertz CT molecular complexity index is 841. The van der Waals surface area contributed by atoms with E-state index in [4.69, 9.17) is 0 Å². The molecule has 2 aromatic carbocycles. The van der Waals surface area contributed by atoms with Gasteiger partial charge >= 0.3 is 0 Å². The third kappa shape index (κ3) is 3.20. The Morgan fingerprint density at radius 2 is 1.85 bits per heavy atom. The van der Waals surface area contributed by atoms with Gasteiger partial charge in [-0.2, -0.15) is 0 Å². The third-order valence-electron chi connectivity index (χ3n) is 5.00. The maximum atomic E-state index is 14.1. The average molecular weight is 352 g/mol. The molecule has 4 rings (SSSR count). The van der Waals surface area contributed by atoms with Gasteiger partial charge in [0.25, 0.3) is 0 Å². The van der Waals surface area contributed by atoms with Gasteiger partial charge in [-0.1, -0.05) is 6.07 Å². The van der Waals surface area contributed by atoms with E-state index >= 15 is 0 Å². The number of carbonyl (C=O) groups excluding carboxylic acids is 1. The van der Waals surface area contributed by atoms with Crippen LogP contribution in [0.2, 0.25) is 0 Å². The van der Waals surface area contributed by atoms with Gasteiger partial charge in [-0.15, -0.1) is 0 Å². The van der Waals surface area contributed by atoms with Gasteiger partial charge in [-0.05, 0) is 43.4 Å². The summed E-state index contributed by atoms with van der Waals surface area (Å²) in [5.74, 6) is -1.32. The number of carbonyl (C=O) groups is 1. The number of piperazine rings is 1. The summed E-state index contributed by atoms with van der Waals surface area (Å²) >= 11 is 0. The topological polar surface area (TPSA) is 47.9 Å². The van der Waals surface area contributed by atoms with Crippen LogP contribution in [-0.4, -0.2) is 50.2 Å². The number of hydrogen-bond acceptors (Lipinski definition) is 4. The normalized spacial score (nSPS) is 20.5. The predicted octanol–water partition coefficient (Wildman–Crippen LogP) is 3.02. The number of fused-ring (bicyclic) bond motifs is 1. The molecule has 0 saturated carbocycles. The molecule has 1 saturated heterocycles. The second-order valence-corrected chi connectivity index (χ2v) is 6.75. The standard InChI is InChI=1S/C20H21FN4O/c1-24-9-11-25(12-10-24)15-7-5-14(6-8-15)22-13-16-19-17(21)3-2-4-18(19)23-20(16)26/h2-8,13,16H,9-12H2,1H3,(H,23,26). The molecule has 2 aromatic rings. The van der Waals surface area contributed by atoms with Crippen molar-refractivity contribution in [2.75, 3.05) is 43.4 Å². The maximum absolute atomic E-state index is 14.1. The minimum Gasteiger partial charge on any atom is -0.369 e. The Kier molecular flexibility index (Phi) is 4.42. The van der Waals surface area contributed by atoms with Crippen LogP contribution >= 0.6 is 0 Å². The van der Waals surface area contributed by atoms with E-state index in [2.05, 4.69) is 27.2 Å². The van der Waals surface area contributed by atoms with E-state index in [0.717, 1.165) is 31.9 Å². The molecule has 1 N–H and O–H groups in total. The predicted molar refractivity (Wildman–Crippen MR) is 102 cm³/mol. The van der Waals surface area contributed by atoms with E-state index in [1.54, 1.807) is 12.1 Å². The molecule has 1 atom stereocenters. The Hall–Kier alpha value is -2.73. The van der Waals surface area contributed by atoms with Crippen LogP contribution in [-0.2, 0) is 4.79 Å². The van der Waals surface area contributed by atoms with Gasteiger partial charge in [0, 0.05) is 49.3 Å². The number of benzene rings is 2. The van der Waals surface area contributed by atoms with Crippen LogP contribution in [0.15, 0.2) is 47.5 Å². The molecule has 2 aliphatic heterocycles. The fourth-order valence-corrected chi connectivity index (χ4v) is 3.42. The van der Waals surface area contributed by atoms with Gasteiger partial charge in [0.1, 0.15) is 11.7 Å². The lowest BCUT2D eigenvalue weighted by molar-refractivity contribution is -0.115. The highest BCUT2D eigenvalue weighted by atomic mass is 19.1. The van der Waals surface area contributed by atoms with Crippen molar-refractivity contribution < 1.29 is 9.18 Å². The van der Waals surface area contributed by atoms with Crippen LogP contribution in [0, 0.1) is 5.82 Å². The van der Waals surface area contributed by atoms with Gasteiger partial charge in [-0.3, -0.25) is 9.79 Å². The summed E-state index contributed by atoms with van der Waals surface area (Å²) in [6.45, 7) is 4.14. The molecule has 6 heteroatoms. The first-order valence-corrected chi connectivity index (χ1v) is 8.79. The summed E-state index contributed by atoms with van der Waals surface area (Å²) in [6, 6.07) is 12.6. The van der Waals surface area contributed by atoms with E-state index < -0.39 is 5.92 Å². The molecule has 0 bridgehead atoms. The van der Waals surface area contributed by atoms with Crippen molar-refractivity contribution in [1.82, 2.24) is 4.90 Å². The molecule has 1 unspecified atom stereocenters. The van der Waals surface area contributed by atoms with Gasteiger partial charge in [0.15, 0.2) is 0 Å².